The monoisotopic (exact) mass is 646 g/mol. The molecule has 0 spiro atoms. The summed E-state index contributed by atoms with van der Waals surface area (Å²) in [5.74, 6) is 1.29. The zero-order valence-corrected chi connectivity index (χ0v) is 27.0. The lowest BCUT2D eigenvalue weighted by Gasteiger charge is -2.37. The summed E-state index contributed by atoms with van der Waals surface area (Å²) in [6, 6.07) is 33.8. The largest absolute Gasteiger partial charge is 0.497 e. The van der Waals surface area contributed by atoms with Crippen LogP contribution in [0.2, 0.25) is 0 Å². The maximum Gasteiger partial charge on any atom is 0.351 e. The highest BCUT2D eigenvalue weighted by atomic mass is 16.6. The molecule has 4 aromatic carbocycles. The molecule has 3 atom stereocenters. The molecule has 0 saturated carbocycles. The molecule has 10 heteroatoms. The number of methoxy groups -OCH3 is 2. The van der Waals surface area contributed by atoms with E-state index in [2.05, 4.69) is 10.3 Å². The molecule has 5 aromatic rings. The Hall–Kier alpha value is -5.29. The van der Waals surface area contributed by atoms with Crippen molar-refractivity contribution in [3.8, 4) is 11.5 Å². The van der Waals surface area contributed by atoms with E-state index in [9.17, 15) is 9.59 Å². The van der Waals surface area contributed by atoms with Gasteiger partial charge in [-0.1, -0.05) is 72.8 Å². The van der Waals surface area contributed by atoms with Gasteiger partial charge in [0.25, 0.3) is 5.91 Å². The number of hydrogen-bond donors (Lipinski definition) is 2. The number of carbonyl (C=O) groups excluding carboxylic acids is 1. The fourth-order valence-electron chi connectivity index (χ4n) is 6.03. The van der Waals surface area contributed by atoms with Crippen molar-refractivity contribution in [2.75, 3.05) is 26.1 Å². The van der Waals surface area contributed by atoms with Gasteiger partial charge in [0, 0.05) is 29.8 Å². The quantitative estimate of drug-likeness (QED) is 0.182. The normalized spacial score (nSPS) is 17.5. The molecule has 1 amide bonds. The van der Waals surface area contributed by atoms with Crippen molar-refractivity contribution in [3.63, 3.8) is 0 Å². The first-order valence-corrected chi connectivity index (χ1v) is 15.7. The summed E-state index contributed by atoms with van der Waals surface area (Å²) in [6.07, 6.45) is 0.798. The Bertz CT molecular complexity index is 1850. The summed E-state index contributed by atoms with van der Waals surface area (Å²) in [6.45, 7) is 1.90. The number of aryl methyl sites for hydroxylation is 1. The summed E-state index contributed by atoms with van der Waals surface area (Å²) in [5, 5.41) is 2.74. The first kappa shape index (κ1) is 32.6. The standard InChI is InChI=1S/C38H38N4O6/c1-25-23-42(37(44)41-35(25)40-36(43)26-10-6-4-7-11-26)34-22-32(39)33(48-34)24-47-38(27-12-8-5-9-13-27,28-14-18-30(45-2)19-15-28)29-16-20-31(46-3)21-17-29/h4-21,23,32-34H,22,24,39H2,1-3H3,(H,40,41,43,44)/t32-,33-,34-/m1/s1. The predicted molar refractivity (Wildman–Crippen MR) is 182 cm³/mol. The van der Waals surface area contributed by atoms with E-state index in [4.69, 9.17) is 24.7 Å². The molecule has 0 bridgehead atoms. The van der Waals surface area contributed by atoms with Crippen molar-refractivity contribution in [1.29, 1.82) is 0 Å². The van der Waals surface area contributed by atoms with Crippen molar-refractivity contribution >= 4 is 11.7 Å². The second-order valence-electron chi connectivity index (χ2n) is 11.6. The Morgan fingerprint density at radius 1 is 0.875 bits per heavy atom. The van der Waals surface area contributed by atoms with Gasteiger partial charge in [-0.05, 0) is 60.0 Å². The van der Waals surface area contributed by atoms with Gasteiger partial charge in [0.15, 0.2) is 0 Å². The van der Waals surface area contributed by atoms with E-state index in [1.54, 1.807) is 51.6 Å². The van der Waals surface area contributed by atoms with Crippen LogP contribution in [0.5, 0.6) is 11.5 Å². The maximum atomic E-state index is 13.2. The van der Waals surface area contributed by atoms with Crippen LogP contribution in [0, 0.1) is 6.92 Å². The molecular formula is C38H38N4O6. The summed E-state index contributed by atoms with van der Waals surface area (Å²) in [4.78, 5) is 30.1. The number of aromatic nitrogens is 2. The number of carbonyl (C=O) groups is 1. The van der Waals surface area contributed by atoms with Gasteiger partial charge in [-0.2, -0.15) is 4.98 Å². The third-order valence-corrected chi connectivity index (χ3v) is 8.63. The molecule has 48 heavy (non-hydrogen) atoms. The molecule has 3 N–H and O–H groups in total. The lowest BCUT2D eigenvalue weighted by molar-refractivity contribution is -0.0796. The van der Waals surface area contributed by atoms with Crippen LogP contribution in [0.1, 0.15) is 45.3 Å². The van der Waals surface area contributed by atoms with Crippen LogP contribution >= 0.6 is 0 Å². The first-order valence-electron chi connectivity index (χ1n) is 15.7. The van der Waals surface area contributed by atoms with Gasteiger partial charge in [-0.3, -0.25) is 9.36 Å². The third-order valence-electron chi connectivity index (χ3n) is 8.63. The number of benzene rings is 4. The van der Waals surface area contributed by atoms with E-state index >= 15 is 0 Å². The van der Waals surface area contributed by atoms with E-state index in [-0.39, 0.29) is 18.3 Å². The third kappa shape index (κ3) is 6.59. The molecule has 1 aromatic heterocycles. The Morgan fingerprint density at radius 2 is 1.42 bits per heavy atom. The summed E-state index contributed by atoms with van der Waals surface area (Å²) in [7, 11) is 3.26. The number of nitrogens with two attached hydrogens (primary N) is 1. The van der Waals surface area contributed by atoms with Gasteiger partial charge >= 0.3 is 5.69 Å². The Balaban J connectivity index is 1.28. The van der Waals surface area contributed by atoms with Crippen molar-refractivity contribution in [2.45, 2.75) is 37.3 Å². The van der Waals surface area contributed by atoms with Crippen LogP contribution in [0.4, 0.5) is 5.82 Å². The van der Waals surface area contributed by atoms with Crippen LogP contribution in [-0.4, -0.2) is 48.4 Å². The van der Waals surface area contributed by atoms with Crippen molar-refractivity contribution in [3.05, 3.63) is 154 Å². The number of anilines is 1. The highest BCUT2D eigenvalue weighted by Crippen LogP contribution is 2.42. The molecule has 2 heterocycles. The number of amides is 1. The van der Waals surface area contributed by atoms with Crippen LogP contribution in [0.3, 0.4) is 0 Å². The molecule has 0 aliphatic carbocycles. The minimum absolute atomic E-state index is 0.122. The van der Waals surface area contributed by atoms with E-state index in [0.29, 0.717) is 17.5 Å². The second-order valence-corrected chi connectivity index (χ2v) is 11.6. The number of nitrogens with one attached hydrogen (secondary N) is 1. The minimum Gasteiger partial charge on any atom is -0.497 e. The molecule has 1 fully saturated rings. The molecule has 246 valence electrons. The van der Waals surface area contributed by atoms with E-state index in [0.717, 1.165) is 28.2 Å². The highest BCUT2D eigenvalue weighted by Gasteiger charge is 2.41. The minimum atomic E-state index is -1.05. The van der Waals surface area contributed by atoms with E-state index in [1.807, 2.05) is 84.9 Å². The topological polar surface area (TPSA) is 127 Å². The lowest BCUT2D eigenvalue weighted by Crippen LogP contribution is -2.40. The molecule has 1 aliphatic heterocycles. The van der Waals surface area contributed by atoms with Crippen LogP contribution < -0.4 is 26.2 Å². The Kier molecular flexibility index (Phi) is 9.67. The van der Waals surface area contributed by atoms with E-state index < -0.39 is 29.7 Å². The number of rotatable bonds is 11. The summed E-state index contributed by atoms with van der Waals surface area (Å²) in [5.41, 5.74) is 8.79. The average Bonchev–Trinajstić information content (AvgIpc) is 3.50. The molecule has 0 radical (unpaired) electrons. The number of ether oxygens (including phenoxy) is 4. The fraction of sp³-hybridized carbons (Fsp3) is 0.237. The maximum absolute atomic E-state index is 13.2. The fourth-order valence-corrected chi connectivity index (χ4v) is 6.03. The summed E-state index contributed by atoms with van der Waals surface area (Å²) >= 11 is 0. The molecule has 1 saturated heterocycles. The smallest absolute Gasteiger partial charge is 0.351 e. The van der Waals surface area contributed by atoms with Gasteiger partial charge in [-0.15, -0.1) is 0 Å². The van der Waals surface area contributed by atoms with Gasteiger partial charge in [0.05, 0.1) is 26.9 Å². The van der Waals surface area contributed by atoms with Crippen molar-refractivity contribution in [1.82, 2.24) is 9.55 Å². The Morgan fingerprint density at radius 3 is 1.98 bits per heavy atom. The van der Waals surface area contributed by atoms with Crippen LogP contribution in [0.15, 0.2) is 120 Å². The van der Waals surface area contributed by atoms with Gasteiger partial charge in [0.2, 0.25) is 0 Å². The number of nitrogens with zero attached hydrogens (tertiary/aromatic N) is 2. The van der Waals surface area contributed by atoms with Gasteiger partial charge in [0.1, 0.15) is 29.1 Å². The zero-order chi connectivity index (χ0) is 33.7. The molecule has 10 nitrogen and oxygen atoms in total. The Labute approximate surface area is 279 Å². The average molecular weight is 647 g/mol. The molecule has 6 rings (SSSR count). The van der Waals surface area contributed by atoms with Crippen LogP contribution in [0.25, 0.3) is 0 Å². The first-order chi connectivity index (χ1) is 23.3. The second kappa shape index (κ2) is 14.2. The summed E-state index contributed by atoms with van der Waals surface area (Å²) < 4.78 is 25.7. The van der Waals surface area contributed by atoms with Crippen molar-refractivity contribution < 1.29 is 23.7 Å². The molecular weight excluding hydrogens is 608 g/mol. The van der Waals surface area contributed by atoms with Crippen LogP contribution in [-0.2, 0) is 15.1 Å². The zero-order valence-electron chi connectivity index (χ0n) is 27.0. The lowest BCUT2D eigenvalue weighted by atomic mass is 9.80. The highest BCUT2D eigenvalue weighted by molar-refractivity contribution is 6.04. The van der Waals surface area contributed by atoms with Crippen molar-refractivity contribution in [2.24, 2.45) is 5.73 Å². The van der Waals surface area contributed by atoms with Gasteiger partial charge in [-0.25, -0.2) is 4.79 Å². The molecule has 1 aliphatic rings. The number of hydrogen-bond acceptors (Lipinski definition) is 8. The predicted octanol–water partition coefficient (Wildman–Crippen LogP) is 5.44. The SMILES string of the molecule is COc1ccc(C(OC[C@H]2O[C@@H](n3cc(C)c(NC(=O)c4ccccc4)nc3=O)C[C@H]2N)(c2ccccc2)c2ccc(OC)cc2)cc1. The molecule has 0 unspecified atom stereocenters. The van der Waals surface area contributed by atoms with E-state index in [1.165, 1.54) is 4.57 Å². The van der Waals surface area contributed by atoms with Gasteiger partial charge < -0.3 is 30.0 Å².